The minimum absolute atomic E-state index is 0.346. The van der Waals surface area contributed by atoms with E-state index in [1.54, 1.807) is 0 Å². The van der Waals surface area contributed by atoms with Crippen molar-refractivity contribution in [2.24, 2.45) is 9.98 Å². The Morgan fingerprint density at radius 1 is 0.613 bits per heavy atom. The topological polar surface area (TPSA) is 50.7 Å². The van der Waals surface area contributed by atoms with E-state index in [4.69, 9.17) is 15.7 Å². The summed E-state index contributed by atoms with van der Waals surface area (Å²) in [5.41, 5.74) is 16.0. The normalized spacial score (nSPS) is 13.2. The molecule has 2 rings (SSSR count). The van der Waals surface area contributed by atoms with Crippen LogP contribution < -0.4 is 5.73 Å². The molecule has 0 saturated heterocycles. The highest BCUT2D eigenvalue weighted by molar-refractivity contribution is 6.41. The van der Waals surface area contributed by atoms with Crippen LogP contribution in [0.2, 0.25) is 0 Å². The average molecular weight is 420 g/mol. The monoisotopic (exact) mass is 419 g/mol. The molecule has 3 heteroatoms. The van der Waals surface area contributed by atoms with Crippen molar-refractivity contribution in [2.45, 2.75) is 92.9 Å². The molecule has 0 fully saturated rings. The number of para-hydroxylation sites is 1. The van der Waals surface area contributed by atoms with Crippen LogP contribution in [0.3, 0.4) is 0 Å². The van der Waals surface area contributed by atoms with Crippen molar-refractivity contribution in [1.29, 1.82) is 0 Å². The first-order valence-electron chi connectivity index (χ1n) is 11.6. The summed E-state index contributed by atoms with van der Waals surface area (Å²) >= 11 is 0. The summed E-state index contributed by atoms with van der Waals surface area (Å²) in [6.45, 7) is 21.8. The maximum Gasteiger partial charge on any atom is 0.0704 e. The zero-order valence-corrected chi connectivity index (χ0v) is 21.2. The van der Waals surface area contributed by atoms with E-state index in [-0.39, 0.29) is 0 Å². The van der Waals surface area contributed by atoms with Crippen molar-refractivity contribution in [3.05, 3.63) is 52.6 Å². The maximum atomic E-state index is 6.21. The van der Waals surface area contributed by atoms with Gasteiger partial charge in [-0.3, -0.25) is 9.98 Å². The van der Waals surface area contributed by atoms with Gasteiger partial charge in [0.1, 0.15) is 0 Å². The predicted molar refractivity (Wildman–Crippen MR) is 139 cm³/mol. The van der Waals surface area contributed by atoms with E-state index in [1.807, 2.05) is 0 Å². The van der Waals surface area contributed by atoms with E-state index >= 15 is 0 Å². The maximum absolute atomic E-state index is 6.21. The van der Waals surface area contributed by atoms with Crippen LogP contribution in [0, 0.1) is 0 Å². The Morgan fingerprint density at radius 3 is 1.26 bits per heavy atom. The van der Waals surface area contributed by atoms with Gasteiger partial charge in [0.15, 0.2) is 0 Å². The first-order chi connectivity index (χ1) is 14.4. The molecule has 0 saturated carbocycles. The van der Waals surface area contributed by atoms with E-state index in [0.717, 1.165) is 28.5 Å². The summed E-state index contributed by atoms with van der Waals surface area (Å²) in [4.78, 5) is 10.2. The number of rotatable bonds is 7. The van der Waals surface area contributed by atoms with Crippen LogP contribution in [0.4, 0.5) is 17.1 Å². The molecule has 0 aliphatic heterocycles. The van der Waals surface area contributed by atoms with Crippen LogP contribution in [0.1, 0.15) is 115 Å². The highest BCUT2D eigenvalue weighted by Gasteiger charge is 2.17. The number of hydrogen-bond acceptors (Lipinski definition) is 3. The molecule has 0 heterocycles. The van der Waals surface area contributed by atoms with E-state index in [9.17, 15) is 0 Å². The summed E-state index contributed by atoms with van der Waals surface area (Å²) in [6.07, 6.45) is 0. The molecular weight excluding hydrogens is 378 g/mol. The fourth-order valence-corrected chi connectivity index (χ4v) is 3.85. The summed E-state index contributed by atoms with van der Waals surface area (Å²) in [5, 5.41) is 0. The Bertz CT molecular complexity index is 920. The summed E-state index contributed by atoms with van der Waals surface area (Å²) in [7, 11) is 0. The molecule has 31 heavy (non-hydrogen) atoms. The van der Waals surface area contributed by atoms with Crippen LogP contribution in [-0.2, 0) is 0 Å². The van der Waals surface area contributed by atoms with E-state index < -0.39 is 0 Å². The van der Waals surface area contributed by atoms with Crippen molar-refractivity contribution in [3.8, 4) is 0 Å². The quantitative estimate of drug-likeness (QED) is 0.354. The number of benzene rings is 2. The Balaban J connectivity index is 2.67. The number of nitrogen functional groups attached to an aromatic ring is 1. The third kappa shape index (κ3) is 5.84. The molecule has 0 aliphatic rings. The molecule has 0 unspecified atom stereocenters. The van der Waals surface area contributed by atoms with Gasteiger partial charge in [0, 0.05) is 5.69 Å². The lowest BCUT2D eigenvalue weighted by Gasteiger charge is -2.19. The van der Waals surface area contributed by atoms with Gasteiger partial charge in [0.25, 0.3) is 0 Å². The standard InChI is InChI=1S/C28H41N3/c1-16(2)23-12-11-13-24(17(3)4)27(23)30-20(9)21(10)31-28-25(18(5)6)14-22(29)15-26(28)19(7)8/h11-19H,29H2,1-10H3/b30-20+,31-21+. The van der Waals surface area contributed by atoms with Crippen molar-refractivity contribution in [2.75, 3.05) is 5.73 Å². The number of aliphatic imine (C=N–C) groups is 2. The van der Waals surface area contributed by atoms with Crippen LogP contribution in [0.25, 0.3) is 0 Å². The molecule has 168 valence electrons. The number of anilines is 1. The zero-order valence-electron chi connectivity index (χ0n) is 21.2. The van der Waals surface area contributed by atoms with Gasteiger partial charge in [0.05, 0.1) is 22.8 Å². The van der Waals surface area contributed by atoms with Crippen molar-refractivity contribution in [1.82, 2.24) is 0 Å². The largest absolute Gasteiger partial charge is 0.399 e. The van der Waals surface area contributed by atoms with Crippen LogP contribution in [-0.4, -0.2) is 11.4 Å². The average Bonchev–Trinajstić information content (AvgIpc) is 2.68. The molecule has 0 amide bonds. The predicted octanol–water partition coefficient (Wildman–Crippen LogP) is 8.65. The summed E-state index contributed by atoms with van der Waals surface area (Å²) in [5.74, 6) is 1.53. The van der Waals surface area contributed by atoms with Crippen molar-refractivity contribution < 1.29 is 0 Å². The Hall–Kier alpha value is -2.42. The molecule has 3 nitrogen and oxygen atoms in total. The molecule has 0 aromatic heterocycles. The minimum atomic E-state index is 0.346. The summed E-state index contributed by atoms with van der Waals surface area (Å²) in [6, 6.07) is 10.7. The van der Waals surface area contributed by atoms with Gasteiger partial charge in [-0.2, -0.15) is 0 Å². The minimum Gasteiger partial charge on any atom is -0.399 e. The number of nitrogens with two attached hydrogens (primary N) is 1. The first-order valence-corrected chi connectivity index (χ1v) is 11.6. The van der Waals surface area contributed by atoms with Crippen LogP contribution >= 0.6 is 0 Å². The lowest BCUT2D eigenvalue weighted by atomic mass is 9.92. The number of nitrogens with zero attached hydrogens (tertiary/aromatic N) is 2. The zero-order chi connectivity index (χ0) is 23.5. The molecule has 0 atom stereocenters. The molecule has 0 aliphatic carbocycles. The molecule has 0 bridgehead atoms. The molecule has 2 aromatic rings. The fourth-order valence-electron chi connectivity index (χ4n) is 3.85. The van der Waals surface area contributed by atoms with Gasteiger partial charge in [-0.15, -0.1) is 0 Å². The summed E-state index contributed by atoms with van der Waals surface area (Å²) < 4.78 is 0. The first kappa shape index (κ1) is 24.8. The van der Waals surface area contributed by atoms with Crippen molar-refractivity contribution >= 4 is 28.5 Å². The highest BCUT2D eigenvalue weighted by Crippen LogP contribution is 2.38. The third-order valence-corrected chi connectivity index (χ3v) is 5.86. The number of hydrogen-bond donors (Lipinski definition) is 1. The SMILES string of the molecule is CC(=N\c1c(C(C)C)cccc1C(C)C)/C(C)=N/c1c(C(C)C)cc(N)cc1C(C)C. The second-order valence-electron chi connectivity index (χ2n) is 9.85. The lowest BCUT2D eigenvalue weighted by molar-refractivity contribution is 0.834. The molecule has 2 N–H and O–H groups in total. The van der Waals surface area contributed by atoms with Gasteiger partial charge in [-0.25, -0.2) is 0 Å². The highest BCUT2D eigenvalue weighted by atomic mass is 14.8. The van der Waals surface area contributed by atoms with Gasteiger partial charge in [-0.1, -0.05) is 73.6 Å². The second-order valence-corrected chi connectivity index (χ2v) is 9.85. The van der Waals surface area contributed by atoms with E-state index in [2.05, 4.69) is 99.6 Å². The van der Waals surface area contributed by atoms with Gasteiger partial charge in [-0.05, 0) is 71.9 Å². The molecule has 2 aromatic carbocycles. The molecule has 0 radical (unpaired) electrons. The fraction of sp³-hybridized carbons (Fsp3) is 0.500. The van der Waals surface area contributed by atoms with Gasteiger partial charge < -0.3 is 5.73 Å². The third-order valence-electron chi connectivity index (χ3n) is 5.86. The van der Waals surface area contributed by atoms with E-state index in [1.165, 1.54) is 22.3 Å². The Labute approximate surface area is 189 Å². The Morgan fingerprint density at radius 2 is 0.935 bits per heavy atom. The smallest absolute Gasteiger partial charge is 0.0704 e. The van der Waals surface area contributed by atoms with Gasteiger partial charge >= 0.3 is 0 Å². The lowest BCUT2D eigenvalue weighted by Crippen LogP contribution is -2.08. The van der Waals surface area contributed by atoms with Crippen molar-refractivity contribution in [3.63, 3.8) is 0 Å². The Kier molecular flexibility index (Phi) is 8.22. The van der Waals surface area contributed by atoms with E-state index in [0.29, 0.717) is 23.7 Å². The second kappa shape index (κ2) is 10.3. The van der Waals surface area contributed by atoms with Gasteiger partial charge in [0.2, 0.25) is 0 Å². The molecule has 0 spiro atoms. The molecular formula is C28H41N3. The van der Waals surface area contributed by atoms with Crippen LogP contribution in [0.15, 0.2) is 40.3 Å². The van der Waals surface area contributed by atoms with Crippen LogP contribution in [0.5, 0.6) is 0 Å².